The lowest BCUT2D eigenvalue weighted by Crippen LogP contribution is -2.28. The van der Waals surface area contributed by atoms with Crippen molar-refractivity contribution in [3.8, 4) is 5.75 Å². The first-order chi connectivity index (χ1) is 19.0. The van der Waals surface area contributed by atoms with Crippen molar-refractivity contribution in [3.63, 3.8) is 0 Å². The normalized spacial score (nSPS) is 19.4. The topological polar surface area (TPSA) is 76.8 Å². The number of nitro groups is 1. The highest BCUT2D eigenvalue weighted by molar-refractivity contribution is 9.10. The number of para-hydroxylation sites is 1. The Kier molecular flexibility index (Phi) is 6.99. The van der Waals surface area contributed by atoms with Crippen LogP contribution in [0.3, 0.4) is 0 Å². The number of fused-ring (bicyclic) bond motifs is 3. The van der Waals surface area contributed by atoms with Gasteiger partial charge in [0, 0.05) is 30.0 Å². The van der Waals surface area contributed by atoms with Crippen LogP contribution in [0.25, 0.3) is 0 Å². The Hall–Kier alpha value is -4.23. The molecule has 6 nitrogen and oxygen atoms in total. The van der Waals surface area contributed by atoms with Crippen molar-refractivity contribution in [2.75, 3.05) is 5.32 Å². The Morgan fingerprint density at radius 3 is 2.59 bits per heavy atom. The van der Waals surface area contributed by atoms with Crippen molar-refractivity contribution >= 4 is 39.2 Å². The largest absolute Gasteiger partial charge is 0.488 e. The highest BCUT2D eigenvalue weighted by atomic mass is 79.9. The third-order valence-corrected chi connectivity index (χ3v) is 8.00. The first kappa shape index (κ1) is 25.1. The van der Waals surface area contributed by atoms with Gasteiger partial charge in [-0.25, -0.2) is 0 Å². The molecule has 6 rings (SSSR count). The van der Waals surface area contributed by atoms with Crippen LogP contribution in [0.4, 0.5) is 17.1 Å². The van der Waals surface area contributed by atoms with Crippen LogP contribution in [0.2, 0.25) is 0 Å². The summed E-state index contributed by atoms with van der Waals surface area (Å²) in [6.45, 7) is 0.315. The van der Waals surface area contributed by atoms with E-state index < -0.39 is 4.92 Å². The van der Waals surface area contributed by atoms with Gasteiger partial charge in [-0.3, -0.25) is 15.1 Å². The Morgan fingerprint density at radius 2 is 1.82 bits per heavy atom. The van der Waals surface area contributed by atoms with Crippen LogP contribution in [-0.2, 0) is 6.61 Å². The van der Waals surface area contributed by atoms with Gasteiger partial charge in [-0.15, -0.1) is 0 Å². The lowest BCUT2D eigenvalue weighted by atomic mass is 9.77. The monoisotopic (exact) mass is 579 g/mol. The van der Waals surface area contributed by atoms with Gasteiger partial charge in [0.15, 0.2) is 0 Å². The third-order valence-electron chi connectivity index (χ3n) is 7.38. The molecule has 1 N–H and O–H groups in total. The molecule has 0 amide bonds. The molecule has 4 aromatic carbocycles. The van der Waals surface area contributed by atoms with Crippen LogP contribution < -0.4 is 10.1 Å². The molecule has 0 saturated heterocycles. The number of nitrogens with one attached hydrogen (secondary N) is 1. The van der Waals surface area contributed by atoms with Gasteiger partial charge in [-0.05, 0) is 99.1 Å². The summed E-state index contributed by atoms with van der Waals surface area (Å²) in [5.41, 5.74) is 6.65. The van der Waals surface area contributed by atoms with E-state index in [1.807, 2.05) is 24.4 Å². The molecule has 0 spiro atoms. The van der Waals surface area contributed by atoms with E-state index in [-0.39, 0.29) is 11.7 Å². The number of benzene rings is 4. The van der Waals surface area contributed by atoms with Gasteiger partial charge in [0.1, 0.15) is 12.4 Å². The first-order valence-corrected chi connectivity index (χ1v) is 13.7. The third kappa shape index (κ3) is 5.36. The molecule has 0 unspecified atom stereocenters. The maximum absolute atomic E-state index is 10.8. The fraction of sp³-hybridized carbons (Fsp3) is 0.156. The summed E-state index contributed by atoms with van der Waals surface area (Å²) in [5, 5.41) is 14.6. The quantitative estimate of drug-likeness (QED) is 0.103. The molecular formula is C32H26BrN3O3. The van der Waals surface area contributed by atoms with Crippen LogP contribution in [0.5, 0.6) is 5.75 Å². The summed E-state index contributed by atoms with van der Waals surface area (Å²) < 4.78 is 6.70. The fourth-order valence-electron chi connectivity index (χ4n) is 5.38. The summed E-state index contributed by atoms with van der Waals surface area (Å²) in [7, 11) is 0. The van der Waals surface area contributed by atoms with E-state index in [0.29, 0.717) is 24.2 Å². The number of hydrogen-bond donors (Lipinski definition) is 1. The number of anilines is 1. The Labute approximate surface area is 235 Å². The predicted molar refractivity (Wildman–Crippen MR) is 158 cm³/mol. The summed E-state index contributed by atoms with van der Waals surface area (Å²) in [5.74, 6) is 1.67. The van der Waals surface area contributed by atoms with Crippen LogP contribution in [0, 0.1) is 16.0 Å². The molecule has 2 aliphatic rings. The van der Waals surface area contributed by atoms with E-state index in [1.165, 1.54) is 28.9 Å². The summed E-state index contributed by atoms with van der Waals surface area (Å²) in [4.78, 5) is 15.1. The van der Waals surface area contributed by atoms with E-state index >= 15 is 0 Å². The Bertz CT molecular complexity index is 1560. The predicted octanol–water partition coefficient (Wildman–Crippen LogP) is 8.51. The summed E-state index contributed by atoms with van der Waals surface area (Å²) in [6, 6.07) is 29.5. The van der Waals surface area contributed by atoms with Crippen molar-refractivity contribution in [2.24, 2.45) is 10.9 Å². The van der Waals surface area contributed by atoms with Gasteiger partial charge in [0.05, 0.1) is 21.1 Å². The standard InChI is InChI=1S/C32H26BrN3O3/c33-29-18-22(10-17-31(29)39-20-21-8-15-25(16-9-21)36(37)38)19-34-24-13-11-23(12-14-24)32-28-6-3-5-26(28)27-4-1-2-7-30(27)35-32/h1-5,7-19,26,28,32,35H,6,20H2/t26-,28+,32+/m1/s1. The average Bonchev–Trinajstić information content (AvgIpc) is 3.46. The SMILES string of the molecule is O=[N+]([O-])c1ccc(COc2ccc(C=Nc3ccc([C@@H]4Nc5ccccc5[C@H]5C=CC[C@@H]54)cc3)cc2Br)cc1. The molecule has 1 aliphatic carbocycles. The van der Waals surface area contributed by atoms with Gasteiger partial charge in [0.2, 0.25) is 0 Å². The van der Waals surface area contributed by atoms with Gasteiger partial charge in [-0.1, -0.05) is 42.5 Å². The fourth-order valence-corrected chi connectivity index (χ4v) is 5.89. The van der Waals surface area contributed by atoms with Crippen LogP contribution in [0.1, 0.15) is 40.6 Å². The molecular weight excluding hydrogens is 554 g/mol. The van der Waals surface area contributed by atoms with Crippen molar-refractivity contribution < 1.29 is 9.66 Å². The minimum absolute atomic E-state index is 0.0643. The molecule has 1 heterocycles. The molecule has 0 fully saturated rings. The minimum Gasteiger partial charge on any atom is -0.488 e. The van der Waals surface area contributed by atoms with Crippen LogP contribution >= 0.6 is 15.9 Å². The number of ether oxygens (including phenoxy) is 1. The van der Waals surface area contributed by atoms with E-state index in [1.54, 1.807) is 12.1 Å². The molecule has 0 aromatic heterocycles. The van der Waals surface area contributed by atoms with E-state index in [0.717, 1.165) is 27.7 Å². The molecule has 4 aromatic rings. The number of nitro benzene ring substituents is 1. The molecule has 0 radical (unpaired) electrons. The first-order valence-electron chi connectivity index (χ1n) is 12.9. The zero-order valence-electron chi connectivity index (χ0n) is 21.0. The molecule has 194 valence electrons. The smallest absolute Gasteiger partial charge is 0.269 e. The molecule has 7 heteroatoms. The molecule has 1 aliphatic heterocycles. The lowest BCUT2D eigenvalue weighted by molar-refractivity contribution is -0.384. The number of aliphatic imine (C=N–C) groups is 1. The van der Waals surface area contributed by atoms with Crippen molar-refractivity contribution in [2.45, 2.75) is 25.0 Å². The number of halogens is 1. The van der Waals surface area contributed by atoms with Gasteiger partial charge >= 0.3 is 0 Å². The Morgan fingerprint density at radius 1 is 1.03 bits per heavy atom. The molecule has 0 bridgehead atoms. The van der Waals surface area contributed by atoms with Crippen LogP contribution in [0.15, 0.2) is 113 Å². The van der Waals surface area contributed by atoms with E-state index in [4.69, 9.17) is 4.74 Å². The number of allylic oxidation sites excluding steroid dienone is 2. The van der Waals surface area contributed by atoms with Gasteiger partial charge < -0.3 is 10.1 Å². The number of hydrogen-bond acceptors (Lipinski definition) is 5. The highest BCUT2D eigenvalue weighted by Crippen LogP contribution is 2.49. The summed E-state index contributed by atoms with van der Waals surface area (Å²) in [6.07, 6.45) is 7.60. The Balaban J connectivity index is 1.10. The maximum atomic E-state index is 10.8. The zero-order valence-corrected chi connectivity index (χ0v) is 22.6. The van der Waals surface area contributed by atoms with Crippen molar-refractivity contribution in [1.82, 2.24) is 0 Å². The minimum atomic E-state index is -0.412. The highest BCUT2D eigenvalue weighted by Gasteiger charge is 2.37. The van der Waals surface area contributed by atoms with Gasteiger partial charge in [0.25, 0.3) is 5.69 Å². The zero-order chi connectivity index (χ0) is 26.8. The lowest BCUT2D eigenvalue weighted by Gasteiger charge is -2.37. The summed E-state index contributed by atoms with van der Waals surface area (Å²) >= 11 is 3.58. The number of nitrogens with zero attached hydrogens (tertiary/aromatic N) is 2. The molecule has 3 atom stereocenters. The number of non-ortho nitro benzene ring substituents is 1. The molecule has 39 heavy (non-hydrogen) atoms. The second kappa shape index (κ2) is 10.9. The number of rotatable bonds is 7. The maximum Gasteiger partial charge on any atom is 0.269 e. The average molecular weight is 580 g/mol. The van der Waals surface area contributed by atoms with E-state index in [9.17, 15) is 10.1 Å². The van der Waals surface area contributed by atoms with Crippen molar-refractivity contribution in [1.29, 1.82) is 0 Å². The van der Waals surface area contributed by atoms with Gasteiger partial charge in [-0.2, -0.15) is 0 Å². The van der Waals surface area contributed by atoms with E-state index in [2.05, 4.69) is 86.9 Å². The van der Waals surface area contributed by atoms with Crippen LogP contribution in [-0.4, -0.2) is 11.1 Å². The molecule has 0 saturated carbocycles. The second-order valence-electron chi connectivity index (χ2n) is 9.81. The second-order valence-corrected chi connectivity index (χ2v) is 10.7. The van der Waals surface area contributed by atoms with Crippen molar-refractivity contribution in [3.05, 3.63) is 140 Å².